The standard InChI is InChI=1S/C17H32O2Si/c1-12-9-8-10-17(3,4)16(19)14(12)11-15(13(2)18)20(5,6)7/h12,14-15H,8-11H2,1-7H3. The maximum Gasteiger partial charge on any atom is 0.141 e. The van der Waals surface area contributed by atoms with Gasteiger partial charge >= 0.3 is 0 Å². The summed E-state index contributed by atoms with van der Waals surface area (Å²) in [7, 11) is -1.56. The molecule has 0 N–H and O–H groups in total. The van der Waals surface area contributed by atoms with Crippen molar-refractivity contribution in [1.82, 2.24) is 0 Å². The number of carbonyl (C=O) groups excluding carboxylic acids is 2. The van der Waals surface area contributed by atoms with Crippen LogP contribution in [-0.2, 0) is 9.59 Å². The van der Waals surface area contributed by atoms with Crippen LogP contribution in [-0.4, -0.2) is 19.6 Å². The van der Waals surface area contributed by atoms with Crippen LogP contribution in [0.5, 0.6) is 0 Å². The van der Waals surface area contributed by atoms with Crippen molar-refractivity contribution in [3.05, 3.63) is 0 Å². The third kappa shape index (κ3) is 4.03. The van der Waals surface area contributed by atoms with Crippen molar-refractivity contribution in [3.8, 4) is 0 Å². The van der Waals surface area contributed by atoms with E-state index in [0.29, 0.717) is 11.7 Å². The van der Waals surface area contributed by atoms with E-state index in [1.165, 1.54) is 0 Å². The molecule has 116 valence electrons. The molecule has 2 nitrogen and oxygen atoms in total. The van der Waals surface area contributed by atoms with Gasteiger partial charge in [0, 0.05) is 16.9 Å². The van der Waals surface area contributed by atoms with E-state index in [1.54, 1.807) is 6.92 Å². The molecule has 0 spiro atoms. The average molecular weight is 297 g/mol. The van der Waals surface area contributed by atoms with Crippen LogP contribution in [0.3, 0.4) is 0 Å². The van der Waals surface area contributed by atoms with Crippen molar-refractivity contribution < 1.29 is 9.59 Å². The van der Waals surface area contributed by atoms with Gasteiger partial charge < -0.3 is 4.79 Å². The Morgan fingerprint density at radius 3 is 2.35 bits per heavy atom. The summed E-state index contributed by atoms with van der Waals surface area (Å²) in [6, 6.07) is 0. The molecule has 0 radical (unpaired) electrons. The Balaban J connectivity index is 3.01. The molecule has 0 aromatic heterocycles. The zero-order valence-corrected chi connectivity index (χ0v) is 15.4. The summed E-state index contributed by atoms with van der Waals surface area (Å²) in [5.74, 6) is 1.17. The van der Waals surface area contributed by atoms with Gasteiger partial charge in [-0.3, -0.25) is 4.79 Å². The number of hydrogen-bond acceptors (Lipinski definition) is 2. The van der Waals surface area contributed by atoms with E-state index in [0.717, 1.165) is 25.7 Å². The molecular formula is C17H32O2Si. The fourth-order valence-corrected chi connectivity index (χ4v) is 5.85. The molecule has 1 saturated carbocycles. The Hall–Kier alpha value is -0.443. The van der Waals surface area contributed by atoms with E-state index in [-0.39, 0.29) is 22.7 Å². The van der Waals surface area contributed by atoms with Crippen LogP contribution in [0.1, 0.15) is 53.4 Å². The highest BCUT2D eigenvalue weighted by molar-refractivity contribution is 6.80. The van der Waals surface area contributed by atoms with Crippen LogP contribution in [0.2, 0.25) is 25.2 Å². The maximum absolute atomic E-state index is 12.9. The molecule has 0 saturated heterocycles. The van der Waals surface area contributed by atoms with E-state index in [9.17, 15) is 9.59 Å². The second-order valence-electron chi connectivity index (χ2n) is 8.49. The summed E-state index contributed by atoms with van der Waals surface area (Å²) >= 11 is 0. The highest BCUT2D eigenvalue weighted by Gasteiger charge is 2.42. The fraction of sp³-hybridized carbons (Fsp3) is 0.882. The van der Waals surface area contributed by atoms with Crippen molar-refractivity contribution in [2.24, 2.45) is 17.3 Å². The first-order chi connectivity index (χ1) is 8.97. The van der Waals surface area contributed by atoms with Gasteiger partial charge in [0.05, 0.1) is 8.07 Å². The van der Waals surface area contributed by atoms with Gasteiger partial charge in [0.15, 0.2) is 0 Å². The number of Topliss-reactive ketones (excluding diaryl/α,β-unsaturated/α-hetero) is 2. The predicted octanol–water partition coefficient (Wildman–Crippen LogP) is 4.71. The maximum atomic E-state index is 12.9. The first-order valence-electron chi connectivity index (χ1n) is 8.01. The molecular weight excluding hydrogens is 264 g/mol. The molecule has 1 aliphatic rings. The lowest BCUT2D eigenvalue weighted by Crippen LogP contribution is -2.39. The van der Waals surface area contributed by atoms with Gasteiger partial charge in [0.2, 0.25) is 0 Å². The minimum absolute atomic E-state index is 0.0770. The highest BCUT2D eigenvalue weighted by atomic mass is 28.3. The molecule has 0 aromatic rings. The van der Waals surface area contributed by atoms with E-state index in [1.807, 2.05) is 0 Å². The molecule has 0 aromatic carbocycles. The third-order valence-electron chi connectivity index (χ3n) is 5.18. The first kappa shape index (κ1) is 17.6. The Morgan fingerprint density at radius 2 is 1.90 bits per heavy atom. The lowest BCUT2D eigenvalue weighted by atomic mass is 9.75. The van der Waals surface area contributed by atoms with Crippen LogP contribution in [0.4, 0.5) is 0 Å². The van der Waals surface area contributed by atoms with Crippen molar-refractivity contribution in [2.45, 2.75) is 78.6 Å². The Kier molecular flexibility index (Phi) is 5.39. The molecule has 0 aliphatic heterocycles. The molecule has 0 amide bonds. The largest absolute Gasteiger partial charge is 0.300 e. The highest BCUT2D eigenvalue weighted by Crippen LogP contribution is 2.42. The molecule has 1 fully saturated rings. The van der Waals surface area contributed by atoms with Gasteiger partial charge in [-0.25, -0.2) is 0 Å². The Labute approximate surface area is 125 Å². The topological polar surface area (TPSA) is 34.1 Å². The zero-order valence-electron chi connectivity index (χ0n) is 14.4. The second kappa shape index (κ2) is 6.13. The van der Waals surface area contributed by atoms with Crippen molar-refractivity contribution in [3.63, 3.8) is 0 Å². The van der Waals surface area contributed by atoms with Crippen LogP contribution < -0.4 is 0 Å². The molecule has 1 rings (SSSR count). The van der Waals surface area contributed by atoms with E-state index >= 15 is 0 Å². The summed E-state index contributed by atoms with van der Waals surface area (Å²) < 4.78 is 0. The van der Waals surface area contributed by atoms with E-state index in [4.69, 9.17) is 0 Å². The minimum Gasteiger partial charge on any atom is -0.300 e. The number of rotatable bonds is 4. The van der Waals surface area contributed by atoms with Crippen LogP contribution in [0.15, 0.2) is 0 Å². The van der Waals surface area contributed by atoms with Crippen LogP contribution in [0, 0.1) is 17.3 Å². The number of hydrogen-bond donors (Lipinski definition) is 0. The van der Waals surface area contributed by atoms with E-state index < -0.39 is 8.07 Å². The first-order valence-corrected chi connectivity index (χ1v) is 11.6. The van der Waals surface area contributed by atoms with Gasteiger partial charge in [0.25, 0.3) is 0 Å². The molecule has 3 heteroatoms. The summed E-state index contributed by atoms with van der Waals surface area (Å²) in [5.41, 5.74) is -0.0938. The quantitative estimate of drug-likeness (QED) is 0.556. The third-order valence-corrected chi connectivity index (χ3v) is 7.91. The summed E-state index contributed by atoms with van der Waals surface area (Å²) in [4.78, 5) is 24.9. The Morgan fingerprint density at radius 1 is 1.35 bits per heavy atom. The number of ketones is 2. The summed E-state index contributed by atoms with van der Waals surface area (Å²) in [6.07, 6.45) is 4.03. The lowest BCUT2D eigenvalue weighted by Gasteiger charge is -2.34. The Bertz CT molecular complexity index is 379. The van der Waals surface area contributed by atoms with E-state index in [2.05, 4.69) is 40.4 Å². The summed E-state index contributed by atoms with van der Waals surface area (Å²) in [6.45, 7) is 14.8. The smallest absolute Gasteiger partial charge is 0.141 e. The van der Waals surface area contributed by atoms with Gasteiger partial charge in [-0.1, -0.05) is 46.8 Å². The molecule has 20 heavy (non-hydrogen) atoms. The molecule has 3 unspecified atom stereocenters. The minimum atomic E-state index is -1.56. The summed E-state index contributed by atoms with van der Waals surface area (Å²) in [5, 5.41) is 0. The predicted molar refractivity (Wildman–Crippen MR) is 87.7 cm³/mol. The number of carbonyl (C=O) groups is 2. The molecule has 0 bridgehead atoms. The van der Waals surface area contributed by atoms with Crippen LogP contribution in [0.25, 0.3) is 0 Å². The molecule has 0 heterocycles. The van der Waals surface area contributed by atoms with Crippen molar-refractivity contribution in [2.75, 3.05) is 0 Å². The van der Waals surface area contributed by atoms with Gasteiger partial charge in [-0.05, 0) is 32.1 Å². The lowest BCUT2D eigenvalue weighted by molar-refractivity contribution is -0.132. The zero-order chi connectivity index (χ0) is 15.7. The monoisotopic (exact) mass is 296 g/mol. The van der Waals surface area contributed by atoms with Crippen molar-refractivity contribution in [1.29, 1.82) is 0 Å². The van der Waals surface area contributed by atoms with Gasteiger partial charge in [-0.15, -0.1) is 0 Å². The van der Waals surface area contributed by atoms with Crippen molar-refractivity contribution >= 4 is 19.6 Å². The van der Waals surface area contributed by atoms with Gasteiger partial charge in [0.1, 0.15) is 11.6 Å². The normalized spacial score (nSPS) is 28.9. The van der Waals surface area contributed by atoms with Crippen LogP contribution >= 0.6 is 0 Å². The van der Waals surface area contributed by atoms with Gasteiger partial charge in [-0.2, -0.15) is 0 Å². The molecule has 1 aliphatic carbocycles. The SMILES string of the molecule is CC(=O)C(CC1C(=O)C(C)(C)CCCC1C)[Si](C)(C)C. The molecule has 3 atom stereocenters. The second-order valence-corrected chi connectivity index (χ2v) is 13.9. The fourth-order valence-electron chi connectivity index (χ4n) is 3.67. The average Bonchev–Trinajstić information content (AvgIpc) is 2.34.